The van der Waals surface area contributed by atoms with Crippen molar-refractivity contribution >= 4 is 36.1 Å². The lowest BCUT2D eigenvalue weighted by Gasteiger charge is -2.15. The number of carbonyl (C=O) groups excluding carboxylic acids is 6. The lowest BCUT2D eigenvalue weighted by Crippen LogP contribution is -2.12. The number of methoxy groups -OCH3 is 1. The number of hydrogen-bond donors (Lipinski definition) is 0. The molecule has 1 aliphatic heterocycles. The zero-order chi connectivity index (χ0) is 37.1. The Morgan fingerprint density at radius 1 is 0.509 bits per heavy atom. The smallest absolute Gasteiger partial charge is 0.346 e. The van der Waals surface area contributed by atoms with Gasteiger partial charge in [0.2, 0.25) is 0 Å². The Kier molecular flexibility index (Phi) is 9.25. The van der Waals surface area contributed by atoms with Gasteiger partial charge >= 0.3 is 29.8 Å². The van der Waals surface area contributed by atoms with E-state index in [1.54, 1.807) is 24.3 Å². The van der Waals surface area contributed by atoms with Crippen LogP contribution in [0.4, 0.5) is 0 Å². The van der Waals surface area contributed by atoms with E-state index < -0.39 is 29.8 Å². The van der Waals surface area contributed by atoms with E-state index in [-0.39, 0.29) is 44.9 Å². The molecule has 10 nitrogen and oxygen atoms in total. The fourth-order valence-electron chi connectivity index (χ4n) is 5.90. The van der Waals surface area contributed by atoms with Crippen LogP contribution >= 0.6 is 0 Å². The molecule has 10 heteroatoms. The van der Waals surface area contributed by atoms with Crippen LogP contribution in [-0.4, -0.2) is 43.2 Å². The maximum atomic E-state index is 13.4. The molecule has 1 heterocycles. The van der Waals surface area contributed by atoms with Crippen molar-refractivity contribution in [2.24, 2.45) is 0 Å². The van der Waals surface area contributed by atoms with Crippen molar-refractivity contribution in [1.82, 2.24) is 0 Å². The third-order valence-corrected chi connectivity index (χ3v) is 8.57. The number of ether oxygens (including phenoxy) is 4. The molecule has 7 rings (SSSR count). The first kappa shape index (κ1) is 34.0. The first-order valence-corrected chi connectivity index (χ1v) is 16.2. The molecule has 0 amide bonds. The summed E-state index contributed by atoms with van der Waals surface area (Å²) in [6.45, 7) is 0. The van der Waals surface area contributed by atoms with Gasteiger partial charge in [0.05, 0.1) is 34.9 Å². The van der Waals surface area contributed by atoms with E-state index in [2.05, 4.69) is 4.74 Å². The molecule has 0 atom stereocenters. The lowest BCUT2D eigenvalue weighted by molar-refractivity contribution is 0.0442. The summed E-state index contributed by atoms with van der Waals surface area (Å²) in [4.78, 5) is 74.4. The summed E-state index contributed by atoms with van der Waals surface area (Å²) in [5, 5.41) is 0. The number of hydrogen-bond acceptors (Lipinski definition) is 10. The van der Waals surface area contributed by atoms with Crippen molar-refractivity contribution in [3.63, 3.8) is 0 Å². The monoisotopic (exact) mass is 702 g/mol. The third kappa shape index (κ3) is 6.84. The molecular formula is C43H26O10. The van der Waals surface area contributed by atoms with E-state index >= 15 is 0 Å². The van der Waals surface area contributed by atoms with E-state index in [1.165, 1.54) is 43.5 Å². The van der Waals surface area contributed by atoms with Crippen LogP contribution in [-0.2, 0) is 9.47 Å². The summed E-state index contributed by atoms with van der Waals surface area (Å²) in [5.41, 5.74) is 4.46. The Morgan fingerprint density at radius 3 is 1.55 bits per heavy atom. The van der Waals surface area contributed by atoms with Gasteiger partial charge in [0.1, 0.15) is 11.5 Å². The summed E-state index contributed by atoms with van der Waals surface area (Å²) in [6.07, 6.45) is 0.469. The zero-order valence-electron chi connectivity index (χ0n) is 27.9. The highest BCUT2D eigenvalue weighted by atomic mass is 16.6. The van der Waals surface area contributed by atoms with Gasteiger partial charge in [-0.25, -0.2) is 24.0 Å². The van der Waals surface area contributed by atoms with Crippen LogP contribution in [0.15, 0.2) is 133 Å². The quantitative estimate of drug-likeness (QED) is 0.0630. The van der Waals surface area contributed by atoms with E-state index in [0.717, 1.165) is 22.3 Å². The highest BCUT2D eigenvalue weighted by Gasteiger charge is 2.31. The molecule has 6 aromatic rings. The summed E-state index contributed by atoms with van der Waals surface area (Å²) in [5.74, 6) is -3.27. The van der Waals surface area contributed by atoms with Gasteiger partial charge < -0.3 is 18.9 Å². The SMILES string of the molecule is COC(=O)c1ccc(C(=O)Oc2ccc(-c3ccc(OC(=O)c4ccc5c(c4)C(=O)OC5=O)c(-c4ccccc4)c3)cc2-c2ccccc2)cc1C=O. The van der Waals surface area contributed by atoms with Gasteiger partial charge in [-0.1, -0.05) is 72.8 Å². The van der Waals surface area contributed by atoms with E-state index in [9.17, 15) is 28.8 Å². The second-order valence-electron chi connectivity index (χ2n) is 11.8. The van der Waals surface area contributed by atoms with E-state index in [4.69, 9.17) is 14.2 Å². The Bertz CT molecular complexity index is 2470. The number of fused-ring (bicyclic) bond motifs is 1. The van der Waals surface area contributed by atoms with Gasteiger partial charge in [-0.15, -0.1) is 0 Å². The Balaban J connectivity index is 1.24. The first-order chi connectivity index (χ1) is 25.7. The zero-order valence-corrected chi connectivity index (χ0v) is 27.9. The predicted octanol–water partition coefficient (Wildman–Crippen LogP) is 8.04. The van der Waals surface area contributed by atoms with Crippen LogP contribution in [0.3, 0.4) is 0 Å². The number of carbonyl (C=O) groups is 6. The number of rotatable bonds is 9. The Hall–Kier alpha value is -7.46. The van der Waals surface area contributed by atoms with Crippen molar-refractivity contribution in [1.29, 1.82) is 0 Å². The van der Waals surface area contributed by atoms with Crippen LogP contribution in [0, 0.1) is 0 Å². The molecule has 0 spiro atoms. The van der Waals surface area contributed by atoms with Crippen molar-refractivity contribution in [3.05, 3.63) is 167 Å². The minimum absolute atomic E-state index is 0.00591. The number of cyclic esters (lactones) is 2. The highest BCUT2D eigenvalue weighted by molar-refractivity contribution is 6.15. The molecule has 1 aliphatic rings. The molecule has 0 unspecified atom stereocenters. The van der Waals surface area contributed by atoms with Gasteiger partial charge in [-0.2, -0.15) is 0 Å². The Morgan fingerprint density at radius 2 is 1.02 bits per heavy atom. The molecule has 6 aromatic carbocycles. The molecular weight excluding hydrogens is 676 g/mol. The molecule has 0 saturated carbocycles. The summed E-state index contributed by atoms with van der Waals surface area (Å²) in [7, 11) is 1.20. The normalized spacial score (nSPS) is 11.6. The van der Waals surface area contributed by atoms with Crippen molar-refractivity contribution in [2.75, 3.05) is 7.11 Å². The van der Waals surface area contributed by atoms with Crippen molar-refractivity contribution < 1.29 is 47.7 Å². The van der Waals surface area contributed by atoms with Crippen molar-refractivity contribution in [2.45, 2.75) is 0 Å². The average molecular weight is 703 g/mol. The summed E-state index contributed by atoms with van der Waals surface area (Å²) in [6, 6.07) is 37.3. The molecule has 0 bridgehead atoms. The Labute approximate surface area is 302 Å². The number of esters is 5. The largest absolute Gasteiger partial charge is 0.465 e. The second-order valence-corrected chi connectivity index (χ2v) is 11.8. The van der Waals surface area contributed by atoms with Crippen LogP contribution in [0.25, 0.3) is 33.4 Å². The van der Waals surface area contributed by atoms with Crippen molar-refractivity contribution in [3.8, 4) is 44.9 Å². The maximum absolute atomic E-state index is 13.4. The topological polar surface area (TPSA) is 139 Å². The number of benzene rings is 6. The van der Waals surface area contributed by atoms with Gasteiger partial charge in [-0.05, 0) is 82.9 Å². The fourth-order valence-corrected chi connectivity index (χ4v) is 5.90. The summed E-state index contributed by atoms with van der Waals surface area (Å²) >= 11 is 0. The number of aldehydes is 1. The van der Waals surface area contributed by atoms with Gasteiger partial charge in [0.15, 0.2) is 6.29 Å². The highest BCUT2D eigenvalue weighted by Crippen LogP contribution is 2.39. The van der Waals surface area contributed by atoms with E-state index in [1.807, 2.05) is 72.8 Å². The minimum atomic E-state index is -0.828. The maximum Gasteiger partial charge on any atom is 0.346 e. The van der Waals surface area contributed by atoms with Crippen LogP contribution < -0.4 is 9.47 Å². The standard InChI is InChI=1S/C43H26O10/c1-50-41(47)32-16-12-29(20-31(32)24-44)39(45)51-37-18-14-27(21-34(37)25-8-4-2-5-9-25)28-15-19-38(35(22-28)26-10-6-3-7-11-26)52-40(46)30-13-17-33-36(23-30)43(49)53-42(33)48/h2-24H,1H3. The third-order valence-electron chi connectivity index (χ3n) is 8.57. The van der Waals surface area contributed by atoms with Crippen LogP contribution in [0.2, 0.25) is 0 Å². The molecule has 0 aromatic heterocycles. The van der Waals surface area contributed by atoms with Gasteiger partial charge in [-0.3, -0.25) is 4.79 Å². The molecule has 0 N–H and O–H groups in total. The van der Waals surface area contributed by atoms with Gasteiger partial charge in [0.25, 0.3) is 0 Å². The van der Waals surface area contributed by atoms with Crippen LogP contribution in [0.1, 0.15) is 62.1 Å². The lowest BCUT2D eigenvalue weighted by atomic mass is 9.95. The molecule has 0 radical (unpaired) electrons. The first-order valence-electron chi connectivity index (χ1n) is 16.2. The van der Waals surface area contributed by atoms with Crippen LogP contribution in [0.5, 0.6) is 11.5 Å². The van der Waals surface area contributed by atoms with E-state index in [0.29, 0.717) is 17.4 Å². The predicted molar refractivity (Wildman–Crippen MR) is 192 cm³/mol. The summed E-state index contributed by atoms with van der Waals surface area (Å²) < 4.78 is 21.1. The molecule has 0 saturated heterocycles. The molecule has 258 valence electrons. The average Bonchev–Trinajstić information content (AvgIpc) is 3.49. The minimum Gasteiger partial charge on any atom is -0.465 e. The molecule has 0 fully saturated rings. The van der Waals surface area contributed by atoms with Gasteiger partial charge in [0, 0.05) is 16.7 Å². The molecule has 53 heavy (non-hydrogen) atoms. The second kappa shape index (κ2) is 14.4. The molecule has 0 aliphatic carbocycles. The fraction of sp³-hybridized carbons (Fsp3) is 0.0233.